The molecular weight excluding hydrogens is 585 g/mol. The number of hydrogen-bond acceptors (Lipinski definition) is 10. The van der Waals surface area contributed by atoms with Crippen LogP contribution in [0.15, 0.2) is 90.3 Å². The number of carbonyl (C=O) groups excluding carboxylic acids is 1. The molecular formula is C34H44FN9O2. The maximum atomic E-state index is 14.3. The monoisotopic (exact) mass is 629 g/mol. The SMILES string of the molecule is C=C(NC)/C(N)=C(/C=C(N)N)Nc1cccc(C2=CN(C3CN(Cc4cccc(C(=O)N5CCC(C)(F)C5)n4)C3)CC=C2)c1OC. The number of para-hydroxylation sites is 1. The van der Waals surface area contributed by atoms with Gasteiger partial charge in [0.15, 0.2) is 0 Å². The summed E-state index contributed by atoms with van der Waals surface area (Å²) in [6, 6.07) is 11.7. The minimum atomic E-state index is -1.34. The van der Waals surface area contributed by atoms with E-state index in [4.69, 9.17) is 21.9 Å². The first-order valence-corrected chi connectivity index (χ1v) is 15.3. The minimum absolute atomic E-state index is 0.0948. The first-order chi connectivity index (χ1) is 22.0. The largest absolute Gasteiger partial charge is 0.494 e. The van der Waals surface area contributed by atoms with Gasteiger partial charge in [-0.25, -0.2) is 9.37 Å². The Hall–Kier alpha value is -4.97. The summed E-state index contributed by atoms with van der Waals surface area (Å²) < 4.78 is 20.2. The maximum absolute atomic E-state index is 14.3. The molecule has 2 saturated heterocycles. The second-order valence-electron chi connectivity index (χ2n) is 12.1. The summed E-state index contributed by atoms with van der Waals surface area (Å²) in [5.41, 5.74) is 21.7. The Morgan fingerprint density at radius 3 is 2.65 bits per heavy atom. The van der Waals surface area contributed by atoms with Crippen molar-refractivity contribution in [3.05, 3.63) is 107 Å². The van der Waals surface area contributed by atoms with E-state index in [-0.39, 0.29) is 18.3 Å². The van der Waals surface area contributed by atoms with Gasteiger partial charge in [-0.05, 0) is 25.1 Å². The number of benzene rings is 1. The zero-order chi connectivity index (χ0) is 33.0. The molecule has 244 valence electrons. The Labute approximate surface area is 269 Å². The van der Waals surface area contributed by atoms with Crippen molar-refractivity contribution in [2.45, 2.75) is 31.6 Å². The molecule has 1 amide bonds. The van der Waals surface area contributed by atoms with E-state index in [9.17, 15) is 9.18 Å². The molecule has 11 nitrogen and oxygen atoms in total. The summed E-state index contributed by atoms with van der Waals surface area (Å²) >= 11 is 0. The van der Waals surface area contributed by atoms with Crippen molar-refractivity contribution in [2.75, 3.05) is 52.2 Å². The van der Waals surface area contributed by atoms with E-state index in [2.05, 4.69) is 50.3 Å². The van der Waals surface area contributed by atoms with Crippen molar-refractivity contribution in [1.29, 1.82) is 0 Å². The van der Waals surface area contributed by atoms with Gasteiger partial charge in [-0.15, -0.1) is 0 Å². The Kier molecular flexibility index (Phi) is 9.57. The average molecular weight is 630 g/mol. The van der Waals surface area contributed by atoms with Crippen LogP contribution in [0, 0.1) is 0 Å². The van der Waals surface area contributed by atoms with Crippen LogP contribution in [0.25, 0.3) is 5.57 Å². The molecule has 2 fully saturated rings. The average Bonchev–Trinajstić information content (AvgIpc) is 3.40. The highest BCUT2D eigenvalue weighted by Crippen LogP contribution is 2.37. The number of ether oxygens (including phenoxy) is 1. The van der Waals surface area contributed by atoms with E-state index >= 15 is 0 Å². The van der Waals surface area contributed by atoms with Crippen molar-refractivity contribution in [1.82, 2.24) is 25.0 Å². The summed E-state index contributed by atoms with van der Waals surface area (Å²) in [7, 11) is 3.36. The Morgan fingerprint density at radius 1 is 1.22 bits per heavy atom. The maximum Gasteiger partial charge on any atom is 0.272 e. The van der Waals surface area contributed by atoms with Crippen molar-refractivity contribution in [3.8, 4) is 5.75 Å². The number of methoxy groups -OCH3 is 1. The van der Waals surface area contributed by atoms with Gasteiger partial charge in [-0.2, -0.15) is 0 Å². The van der Waals surface area contributed by atoms with Gasteiger partial charge in [0.2, 0.25) is 0 Å². The van der Waals surface area contributed by atoms with Crippen LogP contribution in [-0.2, 0) is 6.54 Å². The number of allylic oxidation sites excluding steroid dienone is 3. The number of amides is 1. The van der Waals surface area contributed by atoms with Crippen LogP contribution in [0.1, 0.15) is 35.1 Å². The van der Waals surface area contributed by atoms with Crippen LogP contribution in [0.4, 0.5) is 10.1 Å². The number of nitrogens with zero attached hydrogens (tertiary/aromatic N) is 4. The van der Waals surface area contributed by atoms with Gasteiger partial charge in [-0.3, -0.25) is 9.69 Å². The van der Waals surface area contributed by atoms with E-state index in [1.165, 1.54) is 0 Å². The predicted octanol–water partition coefficient (Wildman–Crippen LogP) is 2.84. The molecule has 1 atom stereocenters. The third-order valence-corrected chi connectivity index (χ3v) is 8.48. The van der Waals surface area contributed by atoms with Crippen LogP contribution in [0.5, 0.6) is 5.75 Å². The zero-order valence-corrected chi connectivity index (χ0v) is 26.7. The third-order valence-electron chi connectivity index (χ3n) is 8.48. The summed E-state index contributed by atoms with van der Waals surface area (Å²) in [4.78, 5) is 23.7. The number of hydrogen-bond donors (Lipinski definition) is 5. The van der Waals surface area contributed by atoms with E-state index in [0.29, 0.717) is 59.8 Å². The lowest BCUT2D eigenvalue weighted by molar-refractivity contribution is 0.0591. The molecule has 1 unspecified atom stereocenters. The number of pyridine rings is 1. The third kappa shape index (κ3) is 7.28. The Balaban J connectivity index is 1.26. The minimum Gasteiger partial charge on any atom is -0.494 e. The van der Waals surface area contributed by atoms with E-state index in [0.717, 1.165) is 36.5 Å². The van der Waals surface area contributed by atoms with Crippen molar-refractivity contribution in [2.24, 2.45) is 17.2 Å². The highest BCUT2D eigenvalue weighted by Gasteiger charge is 2.37. The van der Waals surface area contributed by atoms with Gasteiger partial charge in [0.1, 0.15) is 17.1 Å². The molecule has 46 heavy (non-hydrogen) atoms. The van der Waals surface area contributed by atoms with Gasteiger partial charge in [0.25, 0.3) is 5.91 Å². The molecule has 2 aromatic rings. The number of aromatic nitrogens is 1. The second kappa shape index (κ2) is 13.6. The van der Waals surface area contributed by atoms with Crippen LogP contribution in [0.3, 0.4) is 0 Å². The Morgan fingerprint density at radius 2 is 1.98 bits per heavy atom. The number of likely N-dealkylation sites (tertiary alicyclic amines) is 2. The summed E-state index contributed by atoms with van der Waals surface area (Å²) in [5.74, 6) is 0.527. The van der Waals surface area contributed by atoms with Gasteiger partial charge in [0.05, 0.1) is 54.0 Å². The molecule has 3 aliphatic rings. The summed E-state index contributed by atoms with van der Waals surface area (Å²) in [5, 5.41) is 6.26. The number of alkyl halides is 1. The van der Waals surface area contributed by atoms with E-state index < -0.39 is 5.67 Å². The molecule has 12 heteroatoms. The Bertz CT molecular complexity index is 1600. The highest BCUT2D eigenvalue weighted by atomic mass is 19.1. The van der Waals surface area contributed by atoms with Crippen LogP contribution < -0.4 is 32.6 Å². The smallest absolute Gasteiger partial charge is 0.272 e. The number of rotatable bonds is 11. The fourth-order valence-electron chi connectivity index (χ4n) is 5.92. The van der Waals surface area contributed by atoms with E-state index in [1.807, 2.05) is 30.3 Å². The normalized spacial score (nSPS) is 20.4. The number of nitrogens with two attached hydrogens (primary N) is 3. The van der Waals surface area contributed by atoms with Crippen LogP contribution in [-0.4, -0.2) is 84.2 Å². The molecule has 0 saturated carbocycles. The van der Waals surface area contributed by atoms with Gasteiger partial charge < -0.3 is 42.4 Å². The van der Waals surface area contributed by atoms with Gasteiger partial charge in [0, 0.05) is 69.6 Å². The molecule has 1 aromatic heterocycles. The lowest BCUT2D eigenvalue weighted by Gasteiger charge is -2.45. The fourth-order valence-corrected chi connectivity index (χ4v) is 5.92. The molecule has 4 heterocycles. The van der Waals surface area contributed by atoms with Crippen molar-refractivity contribution >= 4 is 17.2 Å². The number of carbonyl (C=O) groups is 1. The molecule has 3 aliphatic heterocycles. The van der Waals surface area contributed by atoms with Gasteiger partial charge in [-0.1, -0.05) is 36.9 Å². The van der Waals surface area contributed by atoms with Crippen molar-refractivity contribution < 1.29 is 13.9 Å². The van der Waals surface area contributed by atoms with E-state index in [1.54, 1.807) is 38.1 Å². The standard InChI is InChI=1S/C34H44FN9O2/c1-22(39-3)31(38)29(16-30(36)37)41-27-11-6-10-26(32(27)46-4)23-8-7-14-43(17-23)25-19-42(20-25)18-24-9-5-12-28(40-24)33(45)44-15-13-34(2,35)21-44/h5-12,16-17,25,39,41H,1,13-15,18-21,36-38H2,2-4H3/b31-29+. The summed E-state index contributed by atoms with van der Waals surface area (Å²) in [6.07, 6.45) is 8.31. The molecule has 1 aromatic carbocycles. The quantitative estimate of drug-likeness (QED) is 0.235. The number of nitrogens with one attached hydrogen (secondary N) is 2. The van der Waals surface area contributed by atoms with Crippen LogP contribution in [0.2, 0.25) is 0 Å². The first kappa shape index (κ1) is 32.4. The molecule has 0 aliphatic carbocycles. The topological polar surface area (TPSA) is 151 Å². The predicted molar refractivity (Wildman–Crippen MR) is 180 cm³/mol. The van der Waals surface area contributed by atoms with Crippen LogP contribution >= 0.6 is 0 Å². The van der Waals surface area contributed by atoms with Crippen molar-refractivity contribution in [3.63, 3.8) is 0 Å². The molecule has 0 spiro atoms. The fraction of sp³-hybridized carbons (Fsp3) is 0.353. The molecule has 0 bridgehead atoms. The molecule has 5 rings (SSSR count). The lowest BCUT2D eigenvalue weighted by Crippen LogP contribution is -2.57. The number of likely N-dealkylation sites (N-methyl/N-ethyl adjacent to an activating group) is 1. The zero-order valence-electron chi connectivity index (χ0n) is 26.7. The van der Waals surface area contributed by atoms with Gasteiger partial charge >= 0.3 is 0 Å². The number of anilines is 1. The highest BCUT2D eigenvalue weighted by molar-refractivity contribution is 5.92. The first-order valence-electron chi connectivity index (χ1n) is 15.3. The molecule has 0 radical (unpaired) electrons. The lowest BCUT2D eigenvalue weighted by atomic mass is 9.99. The molecule has 8 N–H and O–H groups in total. The number of halogens is 1. The second-order valence-corrected chi connectivity index (χ2v) is 12.1. The summed E-state index contributed by atoms with van der Waals surface area (Å²) in [6.45, 7) is 9.16.